The molecule has 0 saturated heterocycles. The Bertz CT molecular complexity index is 587. The molecular weight excluding hydrogens is 363 g/mol. The zero-order valence-corrected chi connectivity index (χ0v) is 14.0. The van der Waals surface area contributed by atoms with Crippen molar-refractivity contribution >= 4 is 22.6 Å². The normalized spacial score (nSPS) is 18.3. The SMILES string of the molecule is CC(C)OC1CCCc2oc(-c3ccccc3)c(I)c21. The molecular formula is C17H19IO2. The van der Waals surface area contributed by atoms with Crippen LogP contribution in [0.1, 0.15) is 44.1 Å². The monoisotopic (exact) mass is 382 g/mol. The molecule has 0 bridgehead atoms. The van der Waals surface area contributed by atoms with Gasteiger partial charge in [0, 0.05) is 17.5 Å². The van der Waals surface area contributed by atoms with Crippen molar-refractivity contribution in [2.75, 3.05) is 0 Å². The highest BCUT2D eigenvalue weighted by Gasteiger charge is 2.30. The molecule has 1 aromatic carbocycles. The fourth-order valence-corrected chi connectivity index (χ4v) is 3.88. The van der Waals surface area contributed by atoms with Crippen molar-refractivity contribution in [3.8, 4) is 11.3 Å². The lowest BCUT2D eigenvalue weighted by Crippen LogP contribution is -2.16. The molecule has 1 unspecified atom stereocenters. The number of fused-ring (bicyclic) bond motifs is 1. The van der Waals surface area contributed by atoms with E-state index < -0.39 is 0 Å². The molecule has 1 aromatic heterocycles. The van der Waals surface area contributed by atoms with Gasteiger partial charge in [0.1, 0.15) is 11.5 Å². The quantitative estimate of drug-likeness (QED) is 0.668. The third-order valence-electron chi connectivity index (χ3n) is 3.63. The summed E-state index contributed by atoms with van der Waals surface area (Å²) in [5.74, 6) is 2.11. The van der Waals surface area contributed by atoms with Gasteiger partial charge in [-0.1, -0.05) is 30.3 Å². The molecule has 1 aliphatic rings. The van der Waals surface area contributed by atoms with Crippen molar-refractivity contribution in [1.82, 2.24) is 0 Å². The van der Waals surface area contributed by atoms with Crippen LogP contribution < -0.4 is 0 Å². The lowest BCUT2D eigenvalue weighted by Gasteiger charge is -2.24. The summed E-state index contributed by atoms with van der Waals surface area (Å²) in [6, 6.07) is 10.3. The lowest BCUT2D eigenvalue weighted by molar-refractivity contribution is -0.00449. The molecule has 1 atom stereocenters. The van der Waals surface area contributed by atoms with Crippen LogP contribution in [0, 0.1) is 3.57 Å². The average molecular weight is 382 g/mol. The zero-order valence-electron chi connectivity index (χ0n) is 11.9. The lowest BCUT2D eigenvalue weighted by atomic mass is 9.95. The third kappa shape index (κ3) is 2.66. The predicted octanol–water partition coefficient (Wildman–Crippen LogP) is 5.35. The Balaban J connectivity index is 2.03. The second-order valence-electron chi connectivity index (χ2n) is 5.51. The number of furan rings is 1. The molecule has 20 heavy (non-hydrogen) atoms. The molecule has 0 radical (unpaired) electrons. The van der Waals surface area contributed by atoms with Crippen molar-refractivity contribution < 1.29 is 9.15 Å². The minimum atomic E-state index is 0.187. The second kappa shape index (κ2) is 5.90. The number of aryl methyl sites for hydroxylation is 1. The first-order valence-corrected chi connectivity index (χ1v) is 8.26. The zero-order chi connectivity index (χ0) is 14.1. The summed E-state index contributed by atoms with van der Waals surface area (Å²) in [6.45, 7) is 4.19. The van der Waals surface area contributed by atoms with Crippen LogP contribution in [-0.2, 0) is 11.2 Å². The summed E-state index contributed by atoms with van der Waals surface area (Å²) in [5, 5.41) is 0. The molecule has 0 amide bonds. The molecule has 2 nitrogen and oxygen atoms in total. The van der Waals surface area contributed by atoms with Crippen LogP contribution in [0.25, 0.3) is 11.3 Å². The molecule has 0 N–H and O–H groups in total. The van der Waals surface area contributed by atoms with E-state index in [2.05, 4.69) is 60.7 Å². The number of benzene rings is 1. The van der Waals surface area contributed by atoms with E-state index in [0.717, 1.165) is 36.3 Å². The second-order valence-corrected chi connectivity index (χ2v) is 6.59. The van der Waals surface area contributed by atoms with Crippen LogP contribution in [0.5, 0.6) is 0 Å². The van der Waals surface area contributed by atoms with Crippen molar-refractivity contribution in [3.63, 3.8) is 0 Å². The first-order valence-electron chi connectivity index (χ1n) is 7.18. The van der Waals surface area contributed by atoms with Crippen molar-refractivity contribution in [2.24, 2.45) is 0 Å². The van der Waals surface area contributed by atoms with E-state index in [9.17, 15) is 0 Å². The molecule has 0 aliphatic heterocycles. The van der Waals surface area contributed by atoms with Gasteiger partial charge >= 0.3 is 0 Å². The maximum absolute atomic E-state index is 6.15. The van der Waals surface area contributed by atoms with Gasteiger partial charge in [-0.3, -0.25) is 0 Å². The van der Waals surface area contributed by atoms with E-state index in [1.807, 2.05) is 6.07 Å². The van der Waals surface area contributed by atoms with Crippen LogP contribution in [0.2, 0.25) is 0 Å². The minimum absolute atomic E-state index is 0.187. The van der Waals surface area contributed by atoms with E-state index >= 15 is 0 Å². The van der Waals surface area contributed by atoms with Crippen molar-refractivity contribution in [3.05, 3.63) is 45.2 Å². The fourth-order valence-electron chi connectivity index (χ4n) is 2.81. The number of ether oxygens (including phenoxy) is 1. The van der Waals surface area contributed by atoms with E-state index in [1.165, 1.54) is 9.13 Å². The molecule has 1 heterocycles. The van der Waals surface area contributed by atoms with Gasteiger partial charge in [0.05, 0.1) is 15.8 Å². The minimum Gasteiger partial charge on any atom is -0.460 e. The van der Waals surface area contributed by atoms with Crippen molar-refractivity contribution in [2.45, 2.75) is 45.3 Å². The summed E-state index contributed by atoms with van der Waals surface area (Å²) in [6.07, 6.45) is 3.69. The van der Waals surface area contributed by atoms with E-state index in [0.29, 0.717) is 0 Å². The Kier molecular flexibility index (Phi) is 4.17. The van der Waals surface area contributed by atoms with Gasteiger partial charge in [0.2, 0.25) is 0 Å². The number of rotatable bonds is 3. The Morgan fingerprint density at radius 1 is 1.25 bits per heavy atom. The molecule has 2 aromatic rings. The topological polar surface area (TPSA) is 22.4 Å². The maximum atomic E-state index is 6.15. The third-order valence-corrected chi connectivity index (χ3v) is 4.70. The standard InChI is InChI=1S/C17H19IO2/c1-11(2)19-13-9-6-10-14-15(13)16(18)17(20-14)12-7-4-3-5-8-12/h3-5,7-8,11,13H,6,9-10H2,1-2H3. The smallest absolute Gasteiger partial charge is 0.147 e. The van der Waals surface area contributed by atoms with E-state index in [4.69, 9.17) is 9.15 Å². The highest BCUT2D eigenvalue weighted by Crippen LogP contribution is 2.42. The molecule has 1 aliphatic carbocycles. The molecule has 0 saturated carbocycles. The number of hydrogen-bond acceptors (Lipinski definition) is 2. The predicted molar refractivity (Wildman–Crippen MR) is 88.8 cm³/mol. The van der Waals surface area contributed by atoms with Crippen LogP contribution in [-0.4, -0.2) is 6.10 Å². The number of hydrogen-bond donors (Lipinski definition) is 0. The maximum Gasteiger partial charge on any atom is 0.147 e. The van der Waals surface area contributed by atoms with Crippen LogP contribution in [0.15, 0.2) is 34.7 Å². The first kappa shape index (κ1) is 14.1. The van der Waals surface area contributed by atoms with E-state index in [1.54, 1.807) is 0 Å². The first-order chi connectivity index (χ1) is 9.66. The average Bonchev–Trinajstić information content (AvgIpc) is 2.78. The van der Waals surface area contributed by atoms with Gasteiger partial charge < -0.3 is 9.15 Å². The summed E-state index contributed by atoms with van der Waals surface area (Å²) in [7, 11) is 0. The Labute approximate surface area is 133 Å². The molecule has 106 valence electrons. The van der Waals surface area contributed by atoms with Crippen LogP contribution in [0.4, 0.5) is 0 Å². The highest BCUT2D eigenvalue weighted by atomic mass is 127. The van der Waals surface area contributed by atoms with Gasteiger partial charge in [-0.05, 0) is 49.3 Å². The summed E-state index contributed by atoms with van der Waals surface area (Å²) >= 11 is 2.41. The Morgan fingerprint density at radius 2 is 2.00 bits per heavy atom. The number of halogens is 1. The van der Waals surface area contributed by atoms with E-state index in [-0.39, 0.29) is 12.2 Å². The van der Waals surface area contributed by atoms with Gasteiger partial charge in [0.25, 0.3) is 0 Å². The van der Waals surface area contributed by atoms with Gasteiger partial charge in [-0.2, -0.15) is 0 Å². The fraction of sp³-hybridized carbons (Fsp3) is 0.412. The van der Waals surface area contributed by atoms with Gasteiger partial charge in [0.15, 0.2) is 0 Å². The van der Waals surface area contributed by atoms with Gasteiger partial charge in [-0.15, -0.1) is 0 Å². The van der Waals surface area contributed by atoms with Crippen LogP contribution >= 0.6 is 22.6 Å². The summed E-state index contributed by atoms with van der Waals surface area (Å²) < 4.78 is 13.4. The Morgan fingerprint density at radius 3 is 2.70 bits per heavy atom. The molecule has 0 spiro atoms. The molecule has 3 heteroatoms. The Hall–Kier alpha value is -0.810. The highest BCUT2D eigenvalue weighted by molar-refractivity contribution is 14.1. The summed E-state index contributed by atoms with van der Waals surface area (Å²) in [5.41, 5.74) is 2.43. The molecule has 3 rings (SSSR count). The molecule has 0 fully saturated rings. The summed E-state index contributed by atoms with van der Waals surface area (Å²) in [4.78, 5) is 0. The van der Waals surface area contributed by atoms with Gasteiger partial charge in [-0.25, -0.2) is 0 Å². The van der Waals surface area contributed by atoms with Crippen molar-refractivity contribution in [1.29, 1.82) is 0 Å². The van der Waals surface area contributed by atoms with Crippen LogP contribution in [0.3, 0.4) is 0 Å². The largest absolute Gasteiger partial charge is 0.460 e.